The Bertz CT molecular complexity index is 1320. The number of aromatic nitrogens is 1. The summed E-state index contributed by atoms with van der Waals surface area (Å²) >= 11 is 3.43. The van der Waals surface area contributed by atoms with Gasteiger partial charge in [-0.15, -0.1) is 0 Å². The highest BCUT2D eigenvalue weighted by atomic mass is 79.9. The van der Waals surface area contributed by atoms with Crippen LogP contribution in [0.3, 0.4) is 0 Å². The summed E-state index contributed by atoms with van der Waals surface area (Å²) in [6.07, 6.45) is -0.220. The summed E-state index contributed by atoms with van der Waals surface area (Å²) in [6, 6.07) is 8.77. The van der Waals surface area contributed by atoms with Gasteiger partial charge in [0.1, 0.15) is 23.6 Å². The van der Waals surface area contributed by atoms with Crippen molar-refractivity contribution in [3.05, 3.63) is 69.2 Å². The Labute approximate surface area is 221 Å². The molecule has 0 radical (unpaired) electrons. The van der Waals surface area contributed by atoms with Crippen LogP contribution in [-0.4, -0.2) is 47.8 Å². The summed E-state index contributed by atoms with van der Waals surface area (Å²) in [7, 11) is 0. The molecule has 2 unspecified atom stereocenters. The molecule has 0 saturated carbocycles. The standard InChI is InChI=1S/C27H27BrF3N3O3/c1-15-24(19-12-17(28)8-9-22(19)33-26(15)34-11-3-4-18(29)14-34)27(37)32-13-16(7-10-23(35)36)25-20(30)5-2-6-21(25)31/h2,5-6,8-9,12,16,18H,3-4,7,10-11,13-14H2,1H3,(H,32,37)(H,35,36). The number of hydrogen-bond donors (Lipinski definition) is 2. The van der Waals surface area contributed by atoms with Crippen LogP contribution in [0.5, 0.6) is 0 Å². The predicted molar refractivity (Wildman–Crippen MR) is 139 cm³/mol. The molecule has 3 aromatic rings. The summed E-state index contributed by atoms with van der Waals surface area (Å²) in [5.41, 5.74) is 1.19. The number of halogens is 4. The number of carboxylic acid groups (broad SMARTS) is 1. The number of carboxylic acids is 1. The Hall–Kier alpha value is -3.14. The van der Waals surface area contributed by atoms with E-state index < -0.39 is 35.6 Å². The molecule has 1 fully saturated rings. The van der Waals surface area contributed by atoms with Gasteiger partial charge in [0.15, 0.2) is 0 Å². The lowest BCUT2D eigenvalue weighted by Gasteiger charge is -2.32. The van der Waals surface area contributed by atoms with Crippen molar-refractivity contribution in [3.63, 3.8) is 0 Å². The number of nitrogens with zero attached hydrogens (tertiary/aromatic N) is 2. The lowest BCUT2D eigenvalue weighted by molar-refractivity contribution is -0.137. The first-order chi connectivity index (χ1) is 17.7. The topological polar surface area (TPSA) is 82.5 Å². The highest BCUT2D eigenvalue weighted by Gasteiger charge is 2.27. The van der Waals surface area contributed by atoms with Crippen LogP contribution in [0.1, 0.15) is 53.1 Å². The maximum Gasteiger partial charge on any atom is 0.303 e. The Morgan fingerprint density at radius 1 is 1.24 bits per heavy atom. The van der Waals surface area contributed by atoms with E-state index in [2.05, 4.69) is 21.2 Å². The first-order valence-electron chi connectivity index (χ1n) is 12.1. The zero-order chi connectivity index (χ0) is 26.7. The molecule has 1 aromatic heterocycles. The van der Waals surface area contributed by atoms with Gasteiger partial charge in [0, 0.05) is 46.4 Å². The molecule has 196 valence electrons. The van der Waals surface area contributed by atoms with E-state index in [9.17, 15) is 22.8 Å². The maximum atomic E-state index is 14.5. The van der Waals surface area contributed by atoms with Gasteiger partial charge < -0.3 is 15.3 Å². The second kappa shape index (κ2) is 11.5. The number of fused-ring (bicyclic) bond motifs is 1. The van der Waals surface area contributed by atoms with E-state index in [1.54, 1.807) is 25.1 Å². The molecular formula is C27H27BrF3N3O3. The third kappa shape index (κ3) is 6.06. The van der Waals surface area contributed by atoms with E-state index in [0.29, 0.717) is 47.2 Å². The van der Waals surface area contributed by atoms with Crippen molar-refractivity contribution in [1.29, 1.82) is 0 Å². The number of piperidine rings is 1. The molecule has 1 amide bonds. The SMILES string of the molecule is Cc1c(N2CCCC(F)C2)nc2ccc(Br)cc2c1C(=O)NCC(CCC(=O)O)c1c(F)cccc1F. The molecule has 4 rings (SSSR count). The normalized spacial score (nSPS) is 16.6. The number of alkyl halides is 1. The van der Waals surface area contributed by atoms with Crippen molar-refractivity contribution < 1.29 is 27.9 Å². The van der Waals surface area contributed by atoms with Gasteiger partial charge in [-0.25, -0.2) is 18.2 Å². The number of rotatable bonds is 8. The van der Waals surface area contributed by atoms with Crippen molar-refractivity contribution in [3.8, 4) is 0 Å². The molecule has 1 saturated heterocycles. The minimum Gasteiger partial charge on any atom is -0.481 e. The number of aliphatic carboxylic acids is 1. The second-order valence-electron chi connectivity index (χ2n) is 9.26. The molecule has 37 heavy (non-hydrogen) atoms. The van der Waals surface area contributed by atoms with Crippen LogP contribution in [0.25, 0.3) is 10.9 Å². The van der Waals surface area contributed by atoms with Crippen LogP contribution in [0, 0.1) is 18.6 Å². The number of pyridine rings is 1. The average Bonchev–Trinajstić information content (AvgIpc) is 2.84. The maximum absolute atomic E-state index is 14.5. The van der Waals surface area contributed by atoms with Crippen LogP contribution < -0.4 is 10.2 Å². The molecule has 1 aliphatic rings. The first-order valence-corrected chi connectivity index (χ1v) is 12.9. The highest BCUT2D eigenvalue weighted by molar-refractivity contribution is 9.10. The minimum atomic E-state index is -1.11. The highest BCUT2D eigenvalue weighted by Crippen LogP contribution is 2.33. The fourth-order valence-corrected chi connectivity index (χ4v) is 5.25. The van der Waals surface area contributed by atoms with Gasteiger partial charge in [0.2, 0.25) is 0 Å². The van der Waals surface area contributed by atoms with E-state index in [0.717, 1.165) is 16.6 Å². The number of carbonyl (C=O) groups excluding carboxylic acids is 1. The Morgan fingerprint density at radius 2 is 1.97 bits per heavy atom. The van der Waals surface area contributed by atoms with Crippen LogP contribution in [0.15, 0.2) is 40.9 Å². The quantitative estimate of drug-likeness (QED) is 0.348. The zero-order valence-electron chi connectivity index (χ0n) is 20.2. The summed E-state index contributed by atoms with van der Waals surface area (Å²) in [5.74, 6) is -3.57. The predicted octanol–water partition coefficient (Wildman–Crippen LogP) is 5.90. The fourth-order valence-electron chi connectivity index (χ4n) is 4.89. The molecular weight excluding hydrogens is 551 g/mol. The largest absolute Gasteiger partial charge is 0.481 e. The lowest BCUT2D eigenvalue weighted by atomic mass is 9.92. The van der Waals surface area contributed by atoms with E-state index in [1.807, 2.05) is 4.90 Å². The molecule has 2 heterocycles. The summed E-state index contributed by atoms with van der Waals surface area (Å²) in [6.45, 7) is 2.37. The number of carbonyl (C=O) groups is 2. The van der Waals surface area contributed by atoms with Crippen molar-refractivity contribution in [2.75, 3.05) is 24.5 Å². The summed E-state index contributed by atoms with van der Waals surface area (Å²) in [4.78, 5) is 31.3. The monoisotopic (exact) mass is 577 g/mol. The van der Waals surface area contributed by atoms with Gasteiger partial charge in [0.25, 0.3) is 5.91 Å². The lowest BCUT2D eigenvalue weighted by Crippen LogP contribution is -2.38. The van der Waals surface area contributed by atoms with E-state index in [1.165, 1.54) is 6.07 Å². The van der Waals surface area contributed by atoms with Crippen LogP contribution in [0.2, 0.25) is 0 Å². The van der Waals surface area contributed by atoms with Gasteiger partial charge in [0.05, 0.1) is 17.6 Å². The van der Waals surface area contributed by atoms with Gasteiger partial charge in [-0.2, -0.15) is 0 Å². The molecule has 2 N–H and O–H groups in total. The van der Waals surface area contributed by atoms with Gasteiger partial charge in [-0.1, -0.05) is 22.0 Å². The average molecular weight is 578 g/mol. The first kappa shape index (κ1) is 26.9. The van der Waals surface area contributed by atoms with Gasteiger partial charge >= 0.3 is 5.97 Å². The number of amides is 1. The number of benzene rings is 2. The summed E-state index contributed by atoms with van der Waals surface area (Å²) < 4.78 is 44.0. The second-order valence-corrected chi connectivity index (χ2v) is 10.2. The van der Waals surface area contributed by atoms with Crippen LogP contribution in [-0.2, 0) is 4.79 Å². The smallest absolute Gasteiger partial charge is 0.303 e. The molecule has 2 atom stereocenters. The van der Waals surface area contributed by atoms with Crippen molar-refractivity contribution >= 4 is 44.5 Å². The van der Waals surface area contributed by atoms with Gasteiger partial charge in [-0.3, -0.25) is 9.59 Å². The fraction of sp³-hybridized carbons (Fsp3) is 0.370. The number of hydrogen-bond acceptors (Lipinski definition) is 4. The molecule has 10 heteroatoms. The summed E-state index contributed by atoms with van der Waals surface area (Å²) in [5, 5.41) is 12.5. The molecule has 2 aromatic carbocycles. The van der Waals surface area contributed by atoms with Crippen LogP contribution >= 0.6 is 15.9 Å². The zero-order valence-corrected chi connectivity index (χ0v) is 21.8. The Balaban J connectivity index is 1.69. The number of nitrogens with one attached hydrogen (secondary N) is 1. The van der Waals surface area contributed by atoms with E-state index in [4.69, 9.17) is 10.1 Å². The van der Waals surface area contributed by atoms with E-state index >= 15 is 0 Å². The molecule has 0 bridgehead atoms. The van der Waals surface area contributed by atoms with Gasteiger partial charge in [-0.05, 0) is 56.5 Å². The van der Waals surface area contributed by atoms with E-state index in [-0.39, 0.29) is 31.5 Å². The molecule has 0 aliphatic carbocycles. The third-order valence-corrected chi connectivity index (χ3v) is 7.17. The molecule has 0 spiro atoms. The minimum absolute atomic E-state index is 0.0635. The third-order valence-electron chi connectivity index (χ3n) is 6.68. The van der Waals surface area contributed by atoms with Crippen molar-refractivity contribution in [2.45, 2.75) is 44.7 Å². The van der Waals surface area contributed by atoms with Crippen LogP contribution in [0.4, 0.5) is 19.0 Å². The van der Waals surface area contributed by atoms with Crippen molar-refractivity contribution in [1.82, 2.24) is 10.3 Å². The van der Waals surface area contributed by atoms with Crippen molar-refractivity contribution in [2.24, 2.45) is 0 Å². The Kier molecular flexibility index (Phi) is 8.36. The Morgan fingerprint density at radius 3 is 2.65 bits per heavy atom. The number of anilines is 1. The molecule has 6 nitrogen and oxygen atoms in total. The molecule has 1 aliphatic heterocycles.